The fourth-order valence-corrected chi connectivity index (χ4v) is 8.99. The molecule has 5 aromatic carbocycles. The van der Waals surface area contributed by atoms with Gasteiger partial charge in [0, 0.05) is 6.07 Å². The Labute approximate surface area is 423 Å². The summed E-state index contributed by atoms with van der Waals surface area (Å²) in [6, 6.07) is 37.5. The molecule has 0 fully saturated rings. The van der Waals surface area contributed by atoms with E-state index in [2.05, 4.69) is 13.8 Å². The molecule has 5 rings (SSSR count). The minimum absolute atomic E-state index is 0.284. The maximum atomic E-state index is 13.1. The van der Waals surface area contributed by atoms with Crippen molar-refractivity contribution in [2.24, 2.45) is 0 Å². The highest BCUT2D eigenvalue weighted by Crippen LogP contribution is 2.27. The molecule has 0 unspecified atom stereocenters. The Hall–Kier alpha value is -5.36. The van der Waals surface area contributed by atoms with Crippen LogP contribution in [-0.2, 0) is 0 Å². The van der Waals surface area contributed by atoms with E-state index < -0.39 is 11.9 Å². The molecule has 0 aromatic heterocycles. The highest BCUT2D eigenvalue weighted by Gasteiger charge is 2.13. The molecule has 0 aliphatic carbocycles. The van der Waals surface area contributed by atoms with E-state index in [0.29, 0.717) is 11.1 Å². The number of carbonyl (C=O) groups excluding carboxylic acids is 2. The third-order valence-corrected chi connectivity index (χ3v) is 13.4. The zero-order chi connectivity index (χ0) is 49.1. The third-order valence-electron chi connectivity index (χ3n) is 13.4. The largest absolute Gasteiger partial charge is 0.494 e. The summed E-state index contributed by atoms with van der Waals surface area (Å²) < 4.78 is 23.4. The maximum absolute atomic E-state index is 13.1. The molecule has 0 amide bonds. The Morgan fingerprint density at radius 3 is 0.843 bits per heavy atom. The zero-order valence-corrected chi connectivity index (χ0v) is 43.2. The summed E-state index contributed by atoms with van der Waals surface area (Å²) in [5.41, 5.74) is 4.90. The van der Waals surface area contributed by atoms with Crippen molar-refractivity contribution < 1.29 is 28.5 Å². The molecule has 0 saturated carbocycles. The van der Waals surface area contributed by atoms with Crippen LogP contribution in [0.25, 0.3) is 22.3 Å². The quantitative estimate of drug-likeness (QED) is 0.0223. The molecule has 0 spiro atoms. The Morgan fingerprint density at radius 2 is 0.557 bits per heavy atom. The van der Waals surface area contributed by atoms with Crippen molar-refractivity contribution in [3.8, 4) is 45.3 Å². The second-order valence-electron chi connectivity index (χ2n) is 19.3. The van der Waals surface area contributed by atoms with E-state index in [0.717, 1.165) is 59.8 Å². The summed E-state index contributed by atoms with van der Waals surface area (Å²) in [5.74, 6) is 1.32. The van der Waals surface area contributed by atoms with E-state index in [1.54, 1.807) is 48.5 Å². The number of hydrogen-bond acceptors (Lipinski definition) is 6. The van der Waals surface area contributed by atoms with Crippen molar-refractivity contribution in [3.05, 3.63) is 132 Å². The monoisotopic (exact) mass is 951 g/mol. The predicted molar refractivity (Wildman–Crippen MR) is 292 cm³/mol. The number of ether oxygens (including phenoxy) is 4. The molecule has 378 valence electrons. The van der Waals surface area contributed by atoms with Gasteiger partial charge in [-0.25, -0.2) is 9.59 Å². The second kappa shape index (κ2) is 34.9. The van der Waals surface area contributed by atoms with E-state index in [4.69, 9.17) is 18.9 Å². The summed E-state index contributed by atoms with van der Waals surface area (Å²) in [7, 11) is 0. The Bertz CT molecular complexity index is 1970. The lowest BCUT2D eigenvalue weighted by Crippen LogP contribution is -2.10. The number of esters is 2. The Balaban J connectivity index is 0.930. The lowest BCUT2D eigenvalue weighted by Gasteiger charge is -2.10. The molecule has 0 saturated heterocycles. The van der Waals surface area contributed by atoms with Crippen molar-refractivity contribution in [1.29, 1.82) is 0 Å². The number of carbonyl (C=O) groups is 2. The molecule has 6 heteroatoms. The van der Waals surface area contributed by atoms with Gasteiger partial charge < -0.3 is 18.9 Å². The molecule has 0 aliphatic heterocycles. The molecule has 5 aromatic rings. The van der Waals surface area contributed by atoms with E-state index in [1.807, 2.05) is 72.8 Å². The number of benzene rings is 5. The van der Waals surface area contributed by atoms with E-state index in [-0.39, 0.29) is 11.5 Å². The van der Waals surface area contributed by atoms with Crippen LogP contribution in [0.3, 0.4) is 0 Å². The van der Waals surface area contributed by atoms with E-state index in [9.17, 15) is 9.59 Å². The Kier molecular flexibility index (Phi) is 27.7. The molecule has 0 N–H and O–H groups in total. The second-order valence-corrected chi connectivity index (χ2v) is 19.3. The number of rotatable bonds is 38. The first-order valence-electron chi connectivity index (χ1n) is 27.7. The van der Waals surface area contributed by atoms with Gasteiger partial charge in [-0.3, -0.25) is 0 Å². The van der Waals surface area contributed by atoms with Gasteiger partial charge in [0.1, 0.15) is 23.0 Å². The molecule has 6 nitrogen and oxygen atoms in total. The third kappa shape index (κ3) is 22.6. The summed E-state index contributed by atoms with van der Waals surface area (Å²) in [5, 5.41) is 0. The van der Waals surface area contributed by atoms with Gasteiger partial charge in [-0.15, -0.1) is 0 Å². The standard InChI is InChI=1S/C64H86O6/c1-3-5-7-9-11-13-15-17-19-21-23-25-27-29-50-67-59-46-42-55(43-47-59)53-34-38-57(39-35-53)63(65)69-61-32-31-33-62(52-61)70-64(66)58-40-36-54(37-41-58)56-44-48-60(49-45-56)68-51-30-28-26-24-22-20-18-16-14-12-10-8-6-4-2/h31-49,52H,3-30,50-51H2,1-2H3. The van der Waals surface area contributed by atoms with Crippen LogP contribution in [0, 0.1) is 0 Å². The average Bonchev–Trinajstić information content (AvgIpc) is 3.39. The van der Waals surface area contributed by atoms with Gasteiger partial charge in [-0.05, 0) is 95.8 Å². The molecular formula is C64H86O6. The minimum atomic E-state index is -0.498. The van der Waals surface area contributed by atoms with Crippen LogP contribution in [0.5, 0.6) is 23.0 Å². The topological polar surface area (TPSA) is 71.1 Å². The van der Waals surface area contributed by atoms with Crippen LogP contribution < -0.4 is 18.9 Å². The van der Waals surface area contributed by atoms with Crippen LogP contribution >= 0.6 is 0 Å². The molecule has 0 bridgehead atoms. The maximum Gasteiger partial charge on any atom is 0.343 e. The van der Waals surface area contributed by atoms with E-state index >= 15 is 0 Å². The smallest absolute Gasteiger partial charge is 0.343 e. The van der Waals surface area contributed by atoms with Crippen molar-refractivity contribution >= 4 is 11.9 Å². The lowest BCUT2D eigenvalue weighted by molar-refractivity contribution is 0.0732. The fraction of sp³-hybridized carbons (Fsp3) is 0.500. The minimum Gasteiger partial charge on any atom is -0.494 e. The first kappa shape index (κ1) is 55.6. The average molecular weight is 951 g/mol. The van der Waals surface area contributed by atoms with Gasteiger partial charge in [0.15, 0.2) is 0 Å². The van der Waals surface area contributed by atoms with Gasteiger partial charge in [0.2, 0.25) is 0 Å². The lowest BCUT2D eigenvalue weighted by atomic mass is 10.0. The Morgan fingerprint density at radius 1 is 0.300 bits per heavy atom. The number of unbranched alkanes of at least 4 members (excludes halogenated alkanes) is 26. The first-order valence-corrected chi connectivity index (χ1v) is 27.7. The normalized spacial score (nSPS) is 11.1. The van der Waals surface area contributed by atoms with Crippen molar-refractivity contribution in [1.82, 2.24) is 0 Å². The van der Waals surface area contributed by atoms with Gasteiger partial charge in [0.05, 0.1) is 24.3 Å². The van der Waals surface area contributed by atoms with Gasteiger partial charge in [-0.1, -0.05) is 235 Å². The van der Waals surface area contributed by atoms with Gasteiger partial charge >= 0.3 is 11.9 Å². The fourth-order valence-electron chi connectivity index (χ4n) is 8.99. The van der Waals surface area contributed by atoms with Crippen LogP contribution in [-0.4, -0.2) is 25.2 Å². The highest BCUT2D eigenvalue weighted by molar-refractivity contribution is 5.93. The van der Waals surface area contributed by atoms with Crippen LogP contribution in [0.2, 0.25) is 0 Å². The molecule has 0 radical (unpaired) electrons. The van der Waals surface area contributed by atoms with Crippen molar-refractivity contribution in [3.63, 3.8) is 0 Å². The molecule has 0 heterocycles. The molecule has 70 heavy (non-hydrogen) atoms. The first-order chi connectivity index (χ1) is 34.5. The summed E-state index contributed by atoms with van der Waals surface area (Å²) in [6.07, 6.45) is 37.7. The van der Waals surface area contributed by atoms with Crippen molar-refractivity contribution in [2.75, 3.05) is 13.2 Å². The zero-order valence-electron chi connectivity index (χ0n) is 43.2. The van der Waals surface area contributed by atoms with Crippen molar-refractivity contribution in [2.45, 2.75) is 194 Å². The summed E-state index contributed by atoms with van der Waals surface area (Å²) in [6.45, 7) is 6.03. The highest BCUT2D eigenvalue weighted by atomic mass is 16.5. The van der Waals surface area contributed by atoms with E-state index in [1.165, 1.54) is 167 Å². The van der Waals surface area contributed by atoms with Crippen LogP contribution in [0.1, 0.15) is 214 Å². The number of hydrogen-bond donors (Lipinski definition) is 0. The van der Waals surface area contributed by atoms with Gasteiger partial charge in [0.25, 0.3) is 0 Å². The summed E-state index contributed by atoms with van der Waals surface area (Å²) >= 11 is 0. The SMILES string of the molecule is CCCCCCCCCCCCCCCCOc1ccc(-c2ccc(C(=O)Oc3cccc(OC(=O)c4ccc(-c5ccc(OCCCCCCCCCCCCCCCC)cc5)cc4)c3)cc2)cc1. The van der Waals surface area contributed by atoms with Crippen LogP contribution in [0.4, 0.5) is 0 Å². The van der Waals surface area contributed by atoms with Crippen LogP contribution in [0.15, 0.2) is 121 Å². The van der Waals surface area contributed by atoms with Gasteiger partial charge in [-0.2, -0.15) is 0 Å². The molecule has 0 aliphatic rings. The predicted octanol–water partition coefficient (Wildman–Crippen LogP) is 19.2. The molecular weight excluding hydrogens is 865 g/mol. The summed E-state index contributed by atoms with van der Waals surface area (Å²) in [4.78, 5) is 26.2. The molecule has 0 atom stereocenters.